The van der Waals surface area contributed by atoms with E-state index in [0.29, 0.717) is 0 Å². The molecule has 0 radical (unpaired) electrons. The van der Waals surface area contributed by atoms with Crippen molar-refractivity contribution in [3.63, 3.8) is 0 Å². The Balaban J connectivity index is 1.98. The van der Waals surface area contributed by atoms with Gasteiger partial charge in [0, 0.05) is 17.0 Å². The van der Waals surface area contributed by atoms with Gasteiger partial charge in [0.05, 0.1) is 10.9 Å². The van der Waals surface area contributed by atoms with Gasteiger partial charge in [-0.05, 0) is 46.1 Å². The predicted molar refractivity (Wildman–Crippen MR) is 97.6 cm³/mol. The zero-order valence-electron chi connectivity index (χ0n) is 13.2. The molecule has 0 spiro atoms. The van der Waals surface area contributed by atoms with Crippen LogP contribution in [-0.2, 0) is 6.67 Å². The molecular formula is C21H12N3O+. The second kappa shape index (κ2) is 3.81. The summed E-state index contributed by atoms with van der Waals surface area (Å²) >= 11 is 0. The summed E-state index contributed by atoms with van der Waals surface area (Å²) in [5, 5.41) is 6.16. The fourth-order valence-electron chi connectivity index (χ4n) is 4.53. The minimum absolute atomic E-state index is 0.741. The number of rotatable bonds is 0. The molecule has 0 saturated heterocycles. The Hall–Kier alpha value is -3.40. The third-order valence-corrected chi connectivity index (χ3v) is 5.51. The molecule has 1 aliphatic heterocycles. The van der Waals surface area contributed by atoms with E-state index in [4.69, 9.17) is 9.40 Å². The molecular weight excluding hydrogens is 310 g/mol. The average molecular weight is 322 g/mol. The molecule has 0 fully saturated rings. The van der Waals surface area contributed by atoms with E-state index < -0.39 is 0 Å². The molecule has 7 rings (SSSR count). The summed E-state index contributed by atoms with van der Waals surface area (Å²) in [6.07, 6.45) is 4.08. The van der Waals surface area contributed by atoms with Crippen molar-refractivity contribution in [1.82, 2.24) is 9.55 Å². The second-order valence-corrected chi connectivity index (χ2v) is 6.75. The van der Waals surface area contributed by atoms with E-state index in [9.17, 15) is 0 Å². The fourth-order valence-corrected chi connectivity index (χ4v) is 4.53. The van der Waals surface area contributed by atoms with Crippen molar-refractivity contribution in [2.45, 2.75) is 6.67 Å². The zero-order chi connectivity index (χ0) is 16.1. The number of imidazole rings is 1. The molecule has 4 nitrogen and oxygen atoms in total. The topological polar surface area (TPSA) is 34.8 Å². The maximum atomic E-state index is 6.16. The fraction of sp³-hybridized carbons (Fsp3) is 0.0476. The molecule has 0 N–H and O–H groups in total. The van der Waals surface area contributed by atoms with E-state index in [1.54, 1.807) is 0 Å². The van der Waals surface area contributed by atoms with E-state index in [2.05, 4.69) is 57.8 Å². The van der Waals surface area contributed by atoms with Crippen LogP contribution in [0.5, 0.6) is 0 Å². The predicted octanol–water partition coefficient (Wildman–Crippen LogP) is 4.35. The van der Waals surface area contributed by atoms with Crippen LogP contribution >= 0.6 is 0 Å². The summed E-state index contributed by atoms with van der Waals surface area (Å²) < 4.78 is 10.7. The van der Waals surface area contributed by atoms with Crippen LogP contribution < -0.4 is 4.57 Å². The summed E-state index contributed by atoms with van der Waals surface area (Å²) in [4.78, 5) is 4.77. The highest BCUT2D eigenvalue weighted by atomic mass is 16.3. The molecule has 3 aromatic heterocycles. The Morgan fingerprint density at radius 1 is 0.880 bits per heavy atom. The Kier molecular flexibility index (Phi) is 1.83. The van der Waals surface area contributed by atoms with Gasteiger partial charge in [-0.25, -0.2) is 4.57 Å². The summed E-state index contributed by atoms with van der Waals surface area (Å²) in [7, 11) is 0. The Labute approximate surface area is 141 Å². The molecule has 4 heterocycles. The quantitative estimate of drug-likeness (QED) is 0.307. The van der Waals surface area contributed by atoms with Gasteiger partial charge in [0.2, 0.25) is 5.52 Å². The van der Waals surface area contributed by atoms with Crippen LogP contribution in [0.2, 0.25) is 0 Å². The number of furan rings is 1. The number of benzene rings is 3. The van der Waals surface area contributed by atoms with Gasteiger partial charge in [-0.15, -0.1) is 0 Å². The van der Waals surface area contributed by atoms with Crippen molar-refractivity contribution in [2.24, 2.45) is 0 Å². The zero-order valence-corrected chi connectivity index (χ0v) is 13.2. The lowest BCUT2D eigenvalue weighted by molar-refractivity contribution is -0.674. The molecule has 0 unspecified atom stereocenters. The maximum absolute atomic E-state index is 6.16. The first-order valence-electron chi connectivity index (χ1n) is 8.43. The summed E-state index contributed by atoms with van der Waals surface area (Å²) in [6.45, 7) is 0.741. The SMILES string of the molecule is c1ccc2c(c1)c1ccc3oc4cccn5c4c3c1c1c2nc[n+]1C5. The number of fused-ring (bicyclic) bond motifs is 3. The molecule has 0 bridgehead atoms. The van der Waals surface area contributed by atoms with Crippen LogP contribution in [0.25, 0.3) is 54.6 Å². The van der Waals surface area contributed by atoms with E-state index >= 15 is 0 Å². The van der Waals surface area contributed by atoms with Crippen LogP contribution in [0, 0.1) is 0 Å². The van der Waals surface area contributed by atoms with Gasteiger partial charge in [-0.1, -0.05) is 18.2 Å². The Bertz CT molecular complexity index is 1520. The van der Waals surface area contributed by atoms with Gasteiger partial charge >= 0.3 is 0 Å². The van der Waals surface area contributed by atoms with Crippen molar-refractivity contribution in [1.29, 1.82) is 0 Å². The summed E-state index contributed by atoms with van der Waals surface area (Å²) in [6, 6.07) is 16.9. The van der Waals surface area contributed by atoms with Gasteiger partial charge in [-0.3, -0.25) is 0 Å². The standard InChI is InChI=1S/C21H12N3O/c1-2-5-14-12(4-1)13-7-8-15-18-17(13)21-19(14)22-10-24(21)11-23-9-3-6-16(25-15)20(18)23/h1-10H,11H2/q+1. The van der Waals surface area contributed by atoms with E-state index in [1.165, 1.54) is 38.0 Å². The number of pyridine rings is 1. The third kappa shape index (κ3) is 1.25. The Morgan fingerprint density at radius 3 is 2.76 bits per heavy atom. The van der Waals surface area contributed by atoms with Crippen molar-refractivity contribution < 1.29 is 8.98 Å². The van der Waals surface area contributed by atoms with E-state index in [-0.39, 0.29) is 0 Å². The first-order chi connectivity index (χ1) is 12.4. The van der Waals surface area contributed by atoms with Gasteiger partial charge in [0.15, 0.2) is 17.8 Å². The van der Waals surface area contributed by atoms with Crippen LogP contribution in [-0.4, -0.2) is 9.55 Å². The van der Waals surface area contributed by atoms with Crippen molar-refractivity contribution in [3.8, 4) is 0 Å². The molecule has 4 heteroatoms. The molecule has 0 atom stereocenters. The van der Waals surface area contributed by atoms with Crippen LogP contribution in [0.15, 0.2) is 65.5 Å². The maximum Gasteiger partial charge on any atom is 0.289 e. The smallest absolute Gasteiger partial charge is 0.289 e. The lowest BCUT2D eigenvalue weighted by Gasteiger charge is -2.04. The number of hydrogen-bond acceptors (Lipinski definition) is 2. The molecule has 0 amide bonds. The average Bonchev–Trinajstić information content (AvgIpc) is 3.19. The third-order valence-electron chi connectivity index (χ3n) is 5.51. The van der Waals surface area contributed by atoms with Crippen LogP contribution in [0.3, 0.4) is 0 Å². The molecule has 0 aliphatic carbocycles. The largest absolute Gasteiger partial charge is 0.454 e. The van der Waals surface area contributed by atoms with Crippen LogP contribution in [0.1, 0.15) is 0 Å². The molecule has 25 heavy (non-hydrogen) atoms. The second-order valence-electron chi connectivity index (χ2n) is 6.75. The highest BCUT2D eigenvalue weighted by Gasteiger charge is 2.27. The van der Waals surface area contributed by atoms with Gasteiger partial charge < -0.3 is 8.98 Å². The lowest BCUT2D eigenvalue weighted by Crippen LogP contribution is -2.35. The number of hydrogen-bond donors (Lipinski definition) is 0. The monoisotopic (exact) mass is 322 g/mol. The molecule has 116 valence electrons. The first-order valence-corrected chi connectivity index (χ1v) is 8.43. The van der Waals surface area contributed by atoms with Crippen molar-refractivity contribution in [3.05, 3.63) is 61.1 Å². The van der Waals surface area contributed by atoms with Crippen molar-refractivity contribution in [2.75, 3.05) is 0 Å². The van der Waals surface area contributed by atoms with Crippen LogP contribution in [0.4, 0.5) is 0 Å². The van der Waals surface area contributed by atoms with Gasteiger partial charge in [0.25, 0.3) is 6.33 Å². The van der Waals surface area contributed by atoms with Gasteiger partial charge in [0.1, 0.15) is 5.58 Å². The van der Waals surface area contributed by atoms with E-state index in [0.717, 1.165) is 23.4 Å². The van der Waals surface area contributed by atoms with Gasteiger partial charge in [-0.2, -0.15) is 0 Å². The summed E-state index contributed by atoms with van der Waals surface area (Å²) in [5.41, 5.74) is 5.31. The van der Waals surface area contributed by atoms with Crippen molar-refractivity contribution >= 4 is 54.6 Å². The number of aromatic nitrogens is 3. The highest BCUT2D eigenvalue weighted by molar-refractivity contribution is 6.32. The normalized spacial score (nSPS) is 13.4. The molecule has 1 aliphatic rings. The lowest BCUT2D eigenvalue weighted by atomic mass is 9.97. The highest BCUT2D eigenvalue weighted by Crippen LogP contribution is 2.41. The molecule has 3 aromatic carbocycles. The molecule has 6 aromatic rings. The number of nitrogens with zero attached hydrogens (tertiary/aromatic N) is 3. The molecule has 0 saturated carbocycles. The van der Waals surface area contributed by atoms with E-state index in [1.807, 2.05) is 12.4 Å². The summed E-state index contributed by atoms with van der Waals surface area (Å²) in [5.74, 6) is 0. The minimum atomic E-state index is 0.741. The minimum Gasteiger partial charge on any atom is -0.454 e. The first kappa shape index (κ1) is 12.0. The Morgan fingerprint density at radius 2 is 1.80 bits per heavy atom.